The van der Waals surface area contributed by atoms with Gasteiger partial charge >= 0.3 is 0 Å². The Morgan fingerprint density at radius 1 is 1.36 bits per heavy atom. The highest BCUT2D eigenvalue weighted by atomic mass is 32.1. The second-order valence-electron chi connectivity index (χ2n) is 1.96. The van der Waals surface area contributed by atoms with Gasteiger partial charge in [0.25, 0.3) is 0 Å². The minimum absolute atomic E-state index is 0.459. The zero-order valence-electron chi connectivity index (χ0n) is 5.78. The molecule has 0 atom stereocenters. The summed E-state index contributed by atoms with van der Waals surface area (Å²) in [7, 11) is 0. The van der Waals surface area contributed by atoms with Crippen molar-refractivity contribution in [2.75, 3.05) is 0 Å². The number of thiocarbonyl (C=S) groups is 1. The lowest BCUT2D eigenvalue weighted by Crippen LogP contribution is -2.19. The Bertz CT molecular complexity index is 258. The normalized spacial score (nSPS) is 8.73. The van der Waals surface area contributed by atoms with Crippen molar-refractivity contribution >= 4 is 23.6 Å². The van der Waals surface area contributed by atoms with Gasteiger partial charge in [-0.05, 0) is 0 Å². The molecule has 1 N–H and O–H groups in total. The zero-order valence-corrected chi connectivity index (χ0v) is 6.60. The molecule has 1 aromatic rings. The standard InChI is InChI=1S/C8H7NOS/c10-6-9-8(11)7-4-2-1-3-5-7/h1-6H,(H,9,10,11). The third-order valence-corrected chi connectivity index (χ3v) is 1.58. The van der Waals surface area contributed by atoms with Crippen molar-refractivity contribution in [1.29, 1.82) is 0 Å². The van der Waals surface area contributed by atoms with Gasteiger partial charge in [0.2, 0.25) is 6.41 Å². The van der Waals surface area contributed by atoms with Crippen LogP contribution in [0.3, 0.4) is 0 Å². The number of carbonyl (C=O) groups excluding carboxylic acids is 1. The van der Waals surface area contributed by atoms with E-state index < -0.39 is 0 Å². The topological polar surface area (TPSA) is 29.1 Å². The van der Waals surface area contributed by atoms with Crippen molar-refractivity contribution in [2.45, 2.75) is 0 Å². The molecule has 1 amide bonds. The van der Waals surface area contributed by atoms with Crippen LogP contribution in [0.4, 0.5) is 0 Å². The second kappa shape index (κ2) is 3.83. The van der Waals surface area contributed by atoms with Gasteiger partial charge < -0.3 is 5.32 Å². The quantitative estimate of drug-likeness (QED) is 0.525. The maximum absolute atomic E-state index is 9.99. The third-order valence-electron chi connectivity index (χ3n) is 1.23. The van der Waals surface area contributed by atoms with Gasteiger partial charge in [-0.15, -0.1) is 0 Å². The van der Waals surface area contributed by atoms with Crippen LogP contribution in [0.2, 0.25) is 0 Å². The van der Waals surface area contributed by atoms with E-state index in [1.165, 1.54) is 0 Å². The summed E-state index contributed by atoms with van der Waals surface area (Å²) in [5, 5.41) is 2.41. The summed E-state index contributed by atoms with van der Waals surface area (Å²) < 4.78 is 0. The molecule has 0 bridgehead atoms. The van der Waals surface area contributed by atoms with E-state index in [9.17, 15) is 4.79 Å². The van der Waals surface area contributed by atoms with Crippen LogP contribution in [-0.4, -0.2) is 11.4 Å². The van der Waals surface area contributed by atoms with Crippen LogP contribution in [0, 0.1) is 0 Å². The lowest BCUT2D eigenvalue weighted by atomic mass is 10.2. The maximum Gasteiger partial charge on any atom is 0.212 e. The minimum atomic E-state index is 0.459. The molecule has 0 aromatic heterocycles. The number of hydrogen-bond acceptors (Lipinski definition) is 2. The van der Waals surface area contributed by atoms with E-state index in [4.69, 9.17) is 12.2 Å². The van der Waals surface area contributed by atoms with Crippen LogP contribution in [0.1, 0.15) is 5.56 Å². The molecule has 0 heterocycles. The van der Waals surface area contributed by atoms with Crippen LogP contribution in [-0.2, 0) is 4.79 Å². The van der Waals surface area contributed by atoms with Gasteiger partial charge in [0, 0.05) is 5.56 Å². The molecule has 11 heavy (non-hydrogen) atoms. The number of carbonyl (C=O) groups is 1. The van der Waals surface area contributed by atoms with Crippen molar-refractivity contribution in [3.63, 3.8) is 0 Å². The molecule has 0 saturated carbocycles. The summed E-state index contributed by atoms with van der Waals surface area (Å²) in [6.07, 6.45) is 0.579. The summed E-state index contributed by atoms with van der Waals surface area (Å²) >= 11 is 4.88. The lowest BCUT2D eigenvalue weighted by Gasteiger charge is -1.98. The van der Waals surface area contributed by atoms with Crippen LogP contribution in [0.25, 0.3) is 0 Å². The van der Waals surface area contributed by atoms with E-state index in [1.807, 2.05) is 30.3 Å². The predicted octanol–water partition coefficient (Wildman–Crippen LogP) is 1.11. The number of amides is 1. The number of benzene rings is 1. The third kappa shape index (κ3) is 2.13. The van der Waals surface area contributed by atoms with Gasteiger partial charge in [0.05, 0.1) is 0 Å². The van der Waals surface area contributed by atoms with Crippen molar-refractivity contribution < 1.29 is 4.79 Å². The van der Waals surface area contributed by atoms with Crippen molar-refractivity contribution in [1.82, 2.24) is 5.32 Å². The van der Waals surface area contributed by atoms with Gasteiger partial charge in [0.15, 0.2) is 0 Å². The monoisotopic (exact) mass is 165 g/mol. The highest BCUT2D eigenvalue weighted by molar-refractivity contribution is 7.80. The zero-order chi connectivity index (χ0) is 8.10. The highest BCUT2D eigenvalue weighted by Crippen LogP contribution is 1.97. The number of rotatable bonds is 2. The van der Waals surface area contributed by atoms with Gasteiger partial charge in [0.1, 0.15) is 4.99 Å². The summed E-state index contributed by atoms with van der Waals surface area (Å²) in [5.74, 6) is 0. The SMILES string of the molecule is O=CNC(=S)c1ccccc1. The first-order valence-electron chi connectivity index (χ1n) is 3.14. The number of hydrogen-bond donors (Lipinski definition) is 1. The van der Waals surface area contributed by atoms with E-state index in [2.05, 4.69) is 5.32 Å². The Kier molecular flexibility index (Phi) is 2.74. The van der Waals surface area contributed by atoms with Gasteiger partial charge in [-0.25, -0.2) is 0 Å². The predicted molar refractivity (Wildman–Crippen MR) is 47.3 cm³/mol. The molecule has 56 valence electrons. The molecular formula is C8H7NOS. The summed E-state index contributed by atoms with van der Waals surface area (Å²) in [6.45, 7) is 0. The minimum Gasteiger partial charge on any atom is -0.319 e. The molecule has 0 unspecified atom stereocenters. The van der Waals surface area contributed by atoms with Crippen LogP contribution >= 0.6 is 12.2 Å². The smallest absolute Gasteiger partial charge is 0.212 e. The first-order chi connectivity index (χ1) is 5.34. The molecule has 0 fully saturated rings. The van der Waals surface area contributed by atoms with Crippen molar-refractivity contribution in [2.24, 2.45) is 0 Å². The molecule has 2 nitrogen and oxygen atoms in total. The van der Waals surface area contributed by atoms with E-state index in [1.54, 1.807) is 0 Å². The van der Waals surface area contributed by atoms with Gasteiger partial charge in [-0.3, -0.25) is 4.79 Å². The van der Waals surface area contributed by atoms with E-state index in [-0.39, 0.29) is 0 Å². The Balaban J connectivity index is 2.77. The fraction of sp³-hybridized carbons (Fsp3) is 0. The molecule has 0 aliphatic rings. The first-order valence-corrected chi connectivity index (χ1v) is 3.55. The molecule has 0 saturated heterocycles. The van der Waals surface area contributed by atoms with E-state index in [0.717, 1.165) is 5.56 Å². The molecular weight excluding hydrogens is 158 g/mol. The first kappa shape index (κ1) is 7.88. The number of nitrogens with one attached hydrogen (secondary N) is 1. The Hall–Kier alpha value is -1.22. The molecule has 0 radical (unpaired) electrons. The average molecular weight is 165 g/mol. The van der Waals surface area contributed by atoms with Gasteiger partial charge in [-0.1, -0.05) is 42.5 Å². The molecule has 0 spiro atoms. The van der Waals surface area contributed by atoms with E-state index >= 15 is 0 Å². The molecule has 1 aromatic carbocycles. The highest BCUT2D eigenvalue weighted by Gasteiger charge is 1.95. The largest absolute Gasteiger partial charge is 0.319 e. The molecule has 0 aliphatic heterocycles. The average Bonchev–Trinajstić information content (AvgIpc) is 2.07. The second-order valence-corrected chi connectivity index (χ2v) is 2.37. The Morgan fingerprint density at radius 3 is 2.55 bits per heavy atom. The van der Waals surface area contributed by atoms with Crippen molar-refractivity contribution in [3.05, 3.63) is 35.9 Å². The van der Waals surface area contributed by atoms with Crippen LogP contribution < -0.4 is 5.32 Å². The fourth-order valence-corrected chi connectivity index (χ4v) is 0.911. The van der Waals surface area contributed by atoms with Crippen molar-refractivity contribution in [3.8, 4) is 0 Å². The summed E-state index contributed by atoms with van der Waals surface area (Å²) in [4.78, 5) is 10.4. The molecule has 0 aliphatic carbocycles. The Morgan fingerprint density at radius 2 is 2.00 bits per heavy atom. The molecule has 1 rings (SSSR count). The fourth-order valence-electron chi connectivity index (χ4n) is 0.726. The van der Waals surface area contributed by atoms with E-state index in [0.29, 0.717) is 11.4 Å². The Labute approximate surface area is 70.2 Å². The maximum atomic E-state index is 9.99. The van der Waals surface area contributed by atoms with Crippen LogP contribution in [0.15, 0.2) is 30.3 Å². The van der Waals surface area contributed by atoms with Crippen LogP contribution in [0.5, 0.6) is 0 Å². The lowest BCUT2D eigenvalue weighted by molar-refractivity contribution is -0.108. The van der Waals surface area contributed by atoms with Gasteiger partial charge in [-0.2, -0.15) is 0 Å². The summed E-state index contributed by atoms with van der Waals surface area (Å²) in [5.41, 5.74) is 0.856. The summed E-state index contributed by atoms with van der Waals surface area (Å²) in [6, 6.07) is 9.33. The molecule has 3 heteroatoms.